The summed E-state index contributed by atoms with van der Waals surface area (Å²) in [6, 6.07) is 14.8. The Labute approximate surface area is 169 Å². The Morgan fingerprint density at radius 3 is 2.89 bits per heavy atom. The highest BCUT2D eigenvalue weighted by Crippen LogP contribution is 2.21. The van der Waals surface area contributed by atoms with Gasteiger partial charge in [-0.15, -0.1) is 11.3 Å². The molecule has 1 atom stereocenters. The molecule has 4 nitrogen and oxygen atoms in total. The Morgan fingerprint density at radius 2 is 2.11 bits per heavy atom. The molecule has 1 amide bonds. The van der Waals surface area contributed by atoms with Crippen LogP contribution in [-0.4, -0.2) is 52.2 Å². The largest absolute Gasteiger partial charge is 0.323 e. The Balaban J connectivity index is 1.52. The van der Waals surface area contributed by atoms with E-state index in [0.29, 0.717) is 23.5 Å². The number of hydrogen-bond acceptors (Lipinski definition) is 5. The molecule has 1 aliphatic rings. The summed E-state index contributed by atoms with van der Waals surface area (Å²) in [6.07, 6.45) is 3.60. The van der Waals surface area contributed by atoms with Gasteiger partial charge >= 0.3 is 0 Å². The van der Waals surface area contributed by atoms with Crippen LogP contribution in [0.15, 0.2) is 54.0 Å². The van der Waals surface area contributed by atoms with Crippen LogP contribution in [-0.2, 0) is 6.42 Å². The van der Waals surface area contributed by atoms with Crippen molar-refractivity contribution in [2.45, 2.75) is 18.1 Å². The van der Waals surface area contributed by atoms with Gasteiger partial charge in [0.15, 0.2) is 5.01 Å². The first-order chi connectivity index (χ1) is 13.2. The molecule has 1 fully saturated rings. The van der Waals surface area contributed by atoms with E-state index in [4.69, 9.17) is 0 Å². The average Bonchev–Trinajstić information content (AvgIpc) is 3.36. The van der Waals surface area contributed by atoms with Gasteiger partial charge in [-0.2, -0.15) is 12.6 Å². The molecule has 1 aliphatic heterocycles. The number of carbonyl (C=O) groups is 1. The Morgan fingerprint density at radius 1 is 1.26 bits per heavy atom. The summed E-state index contributed by atoms with van der Waals surface area (Å²) in [5.41, 5.74) is 1.28. The number of thiol groups is 1. The van der Waals surface area contributed by atoms with Gasteiger partial charge in [0.1, 0.15) is 0 Å². The molecule has 0 N–H and O–H groups in total. The number of amides is 1. The predicted molar refractivity (Wildman–Crippen MR) is 115 cm³/mol. The smallest absolute Gasteiger partial charge is 0.283 e. The van der Waals surface area contributed by atoms with Crippen molar-refractivity contribution in [3.05, 3.63) is 64.6 Å². The predicted octanol–water partition coefficient (Wildman–Crippen LogP) is 3.94. The van der Waals surface area contributed by atoms with E-state index >= 15 is 0 Å². The molecule has 0 bridgehead atoms. The molecule has 0 radical (unpaired) electrons. The number of likely N-dealkylation sites (tertiary alicyclic amines) is 1. The summed E-state index contributed by atoms with van der Waals surface area (Å²) in [7, 11) is 0. The van der Waals surface area contributed by atoms with Crippen LogP contribution in [0, 0.1) is 0 Å². The summed E-state index contributed by atoms with van der Waals surface area (Å²) in [6.45, 7) is 3.24. The molecule has 27 heavy (non-hydrogen) atoms. The third kappa shape index (κ3) is 4.34. The quantitative estimate of drug-likeness (QED) is 0.640. The van der Waals surface area contributed by atoms with Crippen LogP contribution < -0.4 is 0 Å². The minimum Gasteiger partial charge on any atom is -0.323 e. The number of hydrogen-bond donors (Lipinski definition) is 1. The molecule has 0 aliphatic carbocycles. The highest BCUT2D eigenvalue weighted by atomic mass is 32.1. The first kappa shape index (κ1) is 18.5. The Kier molecular flexibility index (Phi) is 5.76. The van der Waals surface area contributed by atoms with Crippen molar-refractivity contribution in [3.8, 4) is 0 Å². The van der Waals surface area contributed by atoms with Gasteiger partial charge in [-0.05, 0) is 29.2 Å². The molecule has 0 saturated carbocycles. The first-order valence-electron chi connectivity index (χ1n) is 9.26. The Hall–Kier alpha value is -1.89. The van der Waals surface area contributed by atoms with Crippen molar-refractivity contribution in [1.29, 1.82) is 0 Å². The molecule has 1 unspecified atom stereocenters. The van der Waals surface area contributed by atoms with Gasteiger partial charge in [0.05, 0.1) is 6.67 Å². The summed E-state index contributed by atoms with van der Waals surface area (Å²) in [5.74, 6) is 0.0212. The molecule has 2 aromatic carbocycles. The lowest BCUT2D eigenvalue weighted by molar-refractivity contribution is 0.0654. The fourth-order valence-corrected chi connectivity index (χ4v) is 4.60. The second kappa shape index (κ2) is 8.42. The zero-order chi connectivity index (χ0) is 18.6. The van der Waals surface area contributed by atoms with Crippen molar-refractivity contribution in [3.63, 3.8) is 0 Å². The number of nitrogens with zero attached hydrogens (tertiary/aromatic N) is 3. The highest BCUT2D eigenvalue weighted by molar-refractivity contribution is 7.81. The van der Waals surface area contributed by atoms with Crippen molar-refractivity contribution < 1.29 is 4.79 Å². The number of thiazole rings is 1. The standard InChI is InChI=1S/C21H23N3OS2/c25-21(20-22-10-13-27-20)24(15-23-11-9-18(26)14-23)12-8-17-6-3-5-16-4-1-2-7-19(16)17/h1-7,10,13,18,26H,8-9,11-12,14-15H2. The van der Waals surface area contributed by atoms with E-state index in [-0.39, 0.29) is 5.91 Å². The zero-order valence-corrected chi connectivity index (χ0v) is 16.8. The molecule has 2 heterocycles. The fraction of sp³-hybridized carbons (Fsp3) is 0.333. The number of carbonyl (C=O) groups excluding carboxylic acids is 1. The monoisotopic (exact) mass is 397 g/mol. The molecule has 140 valence electrons. The van der Waals surface area contributed by atoms with E-state index in [1.165, 1.54) is 27.7 Å². The maximum atomic E-state index is 13.0. The van der Waals surface area contributed by atoms with E-state index in [0.717, 1.165) is 25.9 Å². The average molecular weight is 398 g/mol. The molecule has 1 aromatic heterocycles. The van der Waals surface area contributed by atoms with E-state index in [1.54, 1.807) is 6.20 Å². The van der Waals surface area contributed by atoms with E-state index in [1.807, 2.05) is 10.3 Å². The fourth-order valence-electron chi connectivity index (χ4n) is 3.65. The van der Waals surface area contributed by atoms with Crippen LogP contribution in [0.2, 0.25) is 0 Å². The van der Waals surface area contributed by atoms with Gasteiger partial charge in [-0.3, -0.25) is 9.69 Å². The van der Waals surface area contributed by atoms with Crippen LogP contribution in [0.4, 0.5) is 0 Å². The second-order valence-electron chi connectivity index (χ2n) is 6.96. The molecule has 1 saturated heterocycles. The Bertz CT molecular complexity index is 907. The number of benzene rings is 2. The van der Waals surface area contributed by atoms with Gasteiger partial charge in [0.25, 0.3) is 5.91 Å². The van der Waals surface area contributed by atoms with Gasteiger partial charge < -0.3 is 4.90 Å². The molecular formula is C21H23N3OS2. The SMILES string of the molecule is O=C(c1nccs1)N(CCc1cccc2ccccc12)CN1CCC(S)C1. The van der Waals surface area contributed by atoms with Crippen LogP contribution in [0.3, 0.4) is 0 Å². The van der Waals surface area contributed by atoms with Crippen molar-refractivity contribution in [2.75, 3.05) is 26.3 Å². The summed E-state index contributed by atoms with van der Waals surface area (Å²) in [5, 5.41) is 5.33. The maximum absolute atomic E-state index is 13.0. The van der Waals surface area contributed by atoms with Crippen molar-refractivity contribution >= 4 is 40.6 Å². The van der Waals surface area contributed by atoms with Gasteiger partial charge in [-0.25, -0.2) is 4.98 Å². The van der Waals surface area contributed by atoms with Gasteiger partial charge in [0, 0.05) is 36.5 Å². The van der Waals surface area contributed by atoms with Crippen LogP contribution in [0.25, 0.3) is 10.8 Å². The molecule has 4 rings (SSSR count). The summed E-state index contributed by atoms with van der Waals surface area (Å²) < 4.78 is 0. The number of aromatic nitrogens is 1. The van der Waals surface area contributed by atoms with Crippen LogP contribution in [0.1, 0.15) is 21.8 Å². The second-order valence-corrected chi connectivity index (χ2v) is 8.58. The van der Waals surface area contributed by atoms with E-state index in [2.05, 4.69) is 65.0 Å². The van der Waals surface area contributed by atoms with Crippen LogP contribution in [0.5, 0.6) is 0 Å². The van der Waals surface area contributed by atoms with E-state index < -0.39 is 0 Å². The minimum absolute atomic E-state index is 0.0212. The van der Waals surface area contributed by atoms with Gasteiger partial charge in [0.2, 0.25) is 0 Å². The summed E-state index contributed by atoms with van der Waals surface area (Å²) >= 11 is 5.99. The minimum atomic E-state index is 0.0212. The lowest BCUT2D eigenvalue weighted by atomic mass is 10.0. The summed E-state index contributed by atoms with van der Waals surface area (Å²) in [4.78, 5) is 21.5. The molecule has 0 spiro atoms. The number of rotatable bonds is 6. The number of fused-ring (bicyclic) bond motifs is 1. The molecular weight excluding hydrogens is 374 g/mol. The lowest BCUT2D eigenvalue weighted by Gasteiger charge is -2.27. The van der Waals surface area contributed by atoms with E-state index in [9.17, 15) is 4.79 Å². The maximum Gasteiger partial charge on any atom is 0.283 e. The third-order valence-corrected chi connectivity index (χ3v) is 6.23. The molecule has 6 heteroatoms. The van der Waals surface area contributed by atoms with Crippen molar-refractivity contribution in [1.82, 2.24) is 14.8 Å². The topological polar surface area (TPSA) is 36.4 Å². The third-order valence-electron chi connectivity index (χ3n) is 5.05. The van der Waals surface area contributed by atoms with Crippen molar-refractivity contribution in [2.24, 2.45) is 0 Å². The zero-order valence-electron chi connectivity index (χ0n) is 15.1. The lowest BCUT2D eigenvalue weighted by Crippen LogP contribution is -2.41. The first-order valence-corrected chi connectivity index (χ1v) is 10.7. The normalized spacial score (nSPS) is 17.4. The molecule has 3 aromatic rings. The van der Waals surface area contributed by atoms with Gasteiger partial charge in [-0.1, -0.05) is 42.5 Å². The van der Waals surface area contributed by atoms with Crippen LogP contribution >= 0.6 is 24.0 Å². The highest BCUT2D eigenvalue weighted by Gasteiger charge is 2.25.